The minimum Gasteiger partial charge on any atom is -0.355 e. The Kier molecular flexibility index (Phi) is 7.13. The second-order valence-electron chi connectivity index (χ2n) is 3.80. The largest absolute Gasteiger partial charge is 0.355 e. The third kappa shape index (κ3) is 6.59. The summed E-state index contributed by atoms with van der Waals surface area (Å²) in [6.45, 7) is 2.93. The molecule has 0 bridgehead atoms. The van der Waals surface area contributed by atoms with Gasteiger partial charge in [-0.1, -0.05) is 37.4 Å². The number of nitrogens with one attached hydrogen (secondary N) is 1. The predicted octanol–water partition coefficient (Wildman–Crippen LogP) is 3.74. The summed E-state index contributed by atoms with van der Waals surface area (Å²) < 4.78 is 0. The summed E-state index contributed by atoms with van der Waals surface area (Å²) in [4.78, 5) is 12.5. The van der Waals surface area contributed by atoms with Gasteiger partial charge < -0.3 is 5.32 Å². The van der Waals surface area contributed by atoms with E-state index in [1.165, 1.54) is 24.6 Å². The molecule has 1 aromatic rings. The Hall–Kier alpha value is -0.670. The molecule has 2 nitrogen and oxygen atoms in total. The number of benzene rings is 1. The van der Waals surface area contributed by atoms with Crippen LogP contribution < -0.4 is 5.32 Å². The van der Waals surface area contributed by atoms with Gasteiger partial charge in [0.25, 0.3) is 0 Å². The zero-order chi connectivity index (χ0) is 12.5. The Labute approximate surface area is 112 Å². The maximum atomic E-state index is 11.5. The number of amides is 1. The van der Waals surface area contributed by atoms with Crippen molar-refractivity contribution in [2.45, 2.75) is 31.1 Å². The van der Waals surface area contributed by atoms with E-state index in [0.717, 1.165) is 17.9 Å². The van der Waals surface area contributed by atoms with E-state index in [9.17, 15) is 4.79 Å². The molecule has 0 spiro atoms. The van der Waals surface area contributed by atoms with Crippen LogP contribution in [-0.2, 0) is 4.79 Å². The van der Waals surface area contributed by atoms with Crippen molar-refractivity contribution in [2.24, 2.45) is 0 Å². The van der Waals surface area contributed by atoms with Crippen molar-refractivity contribution in [2.75, 3.05) is 12.3 Å². The summed E-state index contributed by atoms with van der Waals surface area (Å²) in [5.41, 5.74) is 0. The molecular weight excluding hydrogens is 254 g/mol. The molecule has 0 aliphatic carbocycles. The van der Waals surface area contributed by atoms with Crippen molar-refractivity contribution < 1.29 is 4.79 Å². The molecule has 1 amide bonds. The number of hydrogen-bond acceptors (Lipinski definition) is 2. The van der Waals surface area contributed by atoms with Gasteiger partial charge in [0.1, 0.15) is 0 Å². The normalized spacial score (nSPS) is 10.2. The summed E-state index contributed by atoms with van der Waals surface area (Å²) in [7, 11) is 0. The number of hydrogen-bond donors (Lipinski definition) is 1. The molecule has 1 N–H and O–H groups in total. The predicted molar refractivity (Wildman–Crippen MR) is 74.7 cm³/mol. The molecule has 0 unspecified atom stereocenters. The van der Waals surface area contributed by atoms with Gasteiger partial charge in [0.05, 0.1) is 5.75 Å². The van der Waals surface area contributed by atoms with Crippen molar-refractivity contribution in [3.8, 4) is 0 Å². The highest BCUT2D eigenvalue weighted by molar-refractivity contribution is 8.00. The molecule has 0 saturated heterocycles. The molecule has 0 saturated carbocycles. The van der Waals surface area contributed by atoms with Crippen LogP contribution in [0, 0.1) is 0 Å². The van der Waals surface area contributed by atoms with Gasteiger partial charge in [-0.25, -0.2) is 0 Å². The number of rotatable bonds is 7. The second-order valence-corrected chi connectivity index (χ2v) is 5.29. The Balaban J connectivity index is 2.19. The van der Waals surface area contributed by atoms with Gasteiger partial charge in [-0.2, -0.15) is 0 Å². The van der Waals surface area contributed by atoms with Crippen LogP contribution in [0.25, 0.3) is 0 Å². The van der Waals surface area contributed by atoms with Crippen molar-refractivity contribution in [3.63, 3.8) is 0 Å². The Morgan fingerprint density at radius 1 is 1.41 bits per heavy atom. The molecule has 1 rings (SSSR count). The van der Waals surface area contributed by atoms with Crippen LogP contribution in [0.3, 0.4) is 0 Å². The van der Waals surface area contributed by atoms with E-state index in [-0.39, 0.29) is 5.91 Å². The van der Waals surface area contributed by atoms with E-state index in [2.05, 4.69) is 12.2 Å². The highest BCUT2D eigenvalue weighted by Gasteiger charge is 2.02. The SMILES string of the molecule is CCCCCNC(=O)CSc1cccc(Cl)c1. The lowest BCUT2D eigenvalue weighted by atomic mass is 10.2. The summed E-state index contributed by atoms with van der Waals surface area (Å²) in [6, 6.07) is 7.55. The molecule has 17 heavy (non-hydrogen) atoms. The lowest BCUT2D eigenvalue weighted by Gasteiger charge is -2.04. The molecular formula is C13H18ClNOS. The van der Waals surface area contributed by atoms with E-state index < -0.39 is 0 Å². The topological polar surface area (TPSA) is 29.1 Å². The molecule has 1 aromatic carbocycles. The van der Waals surface area contributed by atoms with Crippen molar-refractivity contribution in [3.05, 3.63) is 29.3 Å². The van der Waals surface area contributed by atoms with Crippen LogP contribution in [0.15, 0.2) is 29.2 Å². The van der Waals surface area contributed by atoms with Crippen molar-refractivity contribution in [1.29, 1.82) is 0 Å². The fraction of sp³-hybridized carbons (Fsp3) is 0.462. The Bertz CT molecular complexity index is 357. The average molecular weight is 272 g/mol. The number of carbonyl (C=O) groups excluding carboxylic acids is 1. The molecule has 0 aromatic heterocycles. The fourth-order valence-corrected chi connectivity index (χ4v) is 2.40. The van der Waals surface area contributed by atoms with Gasteiger partial charge >= 0.3 is 0 Å². The van der Waals surface area contributed by atoms with Gasteiger partial charge in [0, 0.05) is 16.5 Å². The van der Waals surface area contributed by atoms with Gasteiger partial charge in [-0.15, -0.1) is 11.8 Å². The molecule has 0 heterocycles. The third-order valence-corrected chi connectivity index (χ3v) is 3.50. The zero-order valence-corrected chi connectivity index (χ0v) is 11.6. The first kappa shape index (κ1) is 14.4. The minimum atomic E-state index is 0.0890. The van der Waals surface area contributed by atoms with Crippen LogP contribution >= 0.6 is 23.4 Å². The molecule has 0 aliphatic rings. The first-order valence-electron chi connectivity index (χ1n) is 5.87. The van der Waals surface area contributed by atoms with E-state index in [1.807, 2.05) is 24.3 Å². The third-order valence-electron chi connectivity index (χ3n) is 2.27. The van der Waals surface area contributed by atoms with Crippen molar-refractivity contribution in [1.82, 2.24) is 5.32 Å². The lowest BCUT2D eigenvalue weighted by Crippen LogP contribution is -2.26. The van der Waals surface area contributed by atoms with Gasteiger partial charge in [-0.3, -0.25) is 4.79 Å². The molecule has 0 fully saturated rings. The first-order valence-corrected chi connectivity index (χ1v) is 7.24. The minimum absolute atomic E-state index is 0.0890. The summed E-state index contributed by atoms with van der Waals surface area (Å²) in [5.74, 6) is 0.540. The van der Waals surface area contributed by atoms with Crippen molar-refractivity contribution >= 4 is 29.3 Å². The molecule has 94 valence electrons. The quantitative estimate of drug-likeness (QED) is 0.605. The number of halogens is 1. The van der Waals surface area contributed by atoms with Gasteiger partial charge in [-0.05, 0) is 24.6 Å². The molecule has 0 radical (unpaired) electrons. The number of carbonyl (C=O) groups is 1. The van der Waals surface area contributed by atoms with Crippen LogP contribution in [-0.4, -0.2) is 18.2 Å². The monoisotopic (exact) mass is 271 g/mol. The zero-order valence-electron chi connectivity index (χ0n) is 10.0. The van der Waals surface area contributed by atoms with Gasteiger partial charge in [0.2, 0.25) is 5.91 Å². The van der Waals surface area contributed by atoms with Gasteiger partial charge in [0.15, 0.2) is 0 Å². The Morgan fingerprint density at radius 3 is 2.94 bits per heavy atom. The fourth-order valence-electron chi connectivity index (χ4n) is 1.36. The first-order chi connectivity index (χ1) is 8.22. The Morgan fingerprint density at radius 2 is 2.24 bits per heavy atom. The van der Waals surface area contributed by atoms with Crippen LogP contribution in [0.5, 0.6) is 0 Å². The van der Waals surface area contributed by atoms with E-state index >= 15 is 0 Å². The maximum absolute atomic E-state index is 11.5. The smallest absolute Gasteiger partial charge is 0.230 e. The number of thioether (sulfide) groups is 1. The second kappa shape index (κ2) is 8.43. The van der Waals surface area contributed by atoms with E-state index in [4.69, 9.17) is 11.6 Å². The average Bonchev–Trinajstić information content (AvgIpc) is 2.32. The standard InChI is InChI=1S/C13H18ClNOS/c1-2-3-4-8-15-13(16)10-17-12-7-5-6-11(14)9-12/h5-7,9H,2-4,8,10H2,1H3,(H,15,16). The summed E-state index contributed by atoms with van der Waals surface area (Å²) in [5, 5.41) is 3.62. The maximum Gasteiger partial charge on any atom is 0.230 e. The lowest BCUT2D eigenvalue weighted by molar-refractivity contribution is -0.118. The molecule has 0 aliphatic heterocycles. The summed E-state index contributed by atoms with van der Waals surface area (Å²) in [6.07, 6.45) is 3.40. The molecule has 0 atom stereocenters. The van der Waals surface area contributed by atoms with E-state index in [1.54, 1.807) is 0 Å². The van der Waals surface area contributed by atoms with Crippen LogP contribution in [0.2, 0.25) is 5.02 Å². The van der Waals surface area contributed by atoms with Crippen LogP contribution in [0.1, 0.15) is 26.2 Å². The number of unbranched alkanes of at least 4 members (excludes halogenated alkanes) is 2. The highest BCUT2D eigenvalue weighted by atomic mass is 35.5. The van der Waals surface area contributed by atoms with E-state index in [0.29, 0.717) is 10.8 Å². The van der Waals surface area contributed by atoms with Crippen LogP contribution in [0.4, 0.5) is 0 Å². The summed E-state index contributed by atoms with van der Waals surface area (Å²) >= 11 is 7.37. The molecule has 4 heteroatoms. The highest BCUT2D eigenvalue weighted by Crippen LogP contribution is 2.21.